The molecule has 0 radical (unpaired) electrons. The van der Waals surface area contributed by atoms with Crippen molar-refractivity contribution in [1.29, 1.82) is 0 Å². The summed E-state index contributed by atoms with van der Waals surface area (Å²) in [6.45, 7) is 1.43. The summed E-state index contributed by atoms with van der Waals surface area (Å²) >= 11 is 0. The molecule has 1 aromatic carbocycles. The van der Waals surface area contributed by atoms with Gasteiger partial charge in [0.1, 0.15) is 10.7 Å². The number of aliphatic carboxylic acids is 1. The van der Waals surface area contributed by atoms with Crippen molar-refractivity contribution in [3.63, 3.8) is 0 Å². The van der Waals surface area contributed by atoms with Gasteiger partial charge in [0.15, 0.2) is 0 Å². The molecular weight excluding hydrogens is 307 g/mol. The van der Waals surface area contributed by atoms with Gasteiger partial charge < -0.3 is 5.11 Å². The van der Waals surface area contributed by atoms with Crippen LogP contribution < -0.4 is 4.72 Å². The van der Waals surface area contributed by atoms with Crippen molar-refractivity contribution in [1.82, 2.24) is 4.72 Å². The molecule has 0 heterocycles. The standard InChI is InChI=1S/C11H13FN2O6S/c1-7(2-5-11(15)16)13-21(19,20)10-4-3-8(14(17)18)6-9(10)12/h3-4,6-7,13H,2,5H2,1H3,(H,15,16). The topological polar surface area (TPSA) is 127 Å². The molecular formula is C11H13FN2O6S. The molecule has 0 aliphatic carbocycles. The van der Waals surface area contributed by atoms with Crippen LogP contribution in [-0.2, 0) is 14.8 Å². The number of carboxylic acid groups (broad SMARTS) is 1. The number of carboxylic acids is 1. The Morgan fingerprint density at radius 3 is 2.62 bits per heavy atom. The minimum absolute atomic E-state index is 0.0309. The van der Waals surface area contributed by atoms with Crippen LogP contribution in [0, 0.1) is 15.9 Å². The van der Waals surface area contributed by atoms with Gasteiger partial charge in [0.05, 0.1) is 11.0 Å². The van der Waals surface area contributed by atoms with Crippen LogP contribution in [0.3, 0.4) is 0 Å². The number of benzene rings is 1. The summed E-state index contributed by atoms with van der Waals surface area (Å²) in [5, 5.41) is 19.0. The Balaban J connectivity index is 2.93. The van der Waals surface area contributed by atoms with Crippen molar-refractivity contribution in [3.8, 4) is 0 Å². The number of non-ortho nitro benzene ring substituents is 1. The molecule has 0 aromatic heterocycles. The zero-order chi connectivity index (χ0) is 16.2. The largest absolute Gasteiger partial charge is 0.481 e. The van der Waals surface area contributed by atoms with E-state index in [1.807, 2.05) is 0 Å². The van der Waals surface area contributed by atoms with Gasteiger partial charge in [0.2, 0.25) is 10.0 Å². The molecule has 8 nitrogen and oxygen atoms in total. The number of hydrogen-bond donors (Lipinski definition) is 2. The van der Waals surface area contributed by atoms with E-state index in [9.17, 15) is 27.7 Å². The predicted molar refractivity (Wildman–Crippen MR) is 69.7 cm³/mol. The molecule has 0 saturated heterocycles. The maximum absolute atomic E-state index is 13.7. The van der Waals surface area contributed by atoms with E-state index < -0.39 is 43.4 Å². The van der Waals surface area contributed by atoms with Gasteiger partial charge in [-0.2, -0.15) is 0 Å². The SMILES string of the molecule is CC(CCC(=O)O)NS(=O)(=O)c1ccc([N+](=O)[O-])cc1F. The van der Waals surface area contributed by atoms with Gasteiger partial charge in [-0.05, 0) is 19.4 Å². The highest BCUT2D eigenvalue weighted by Crippen LogP contribution is 2.20. The third kappa shape index (κ3) is 4.76. The second-order valence-corrected chi connectivity index (χ2v) is 6.01. The maximum Gasteiger partial charge on any atom is 0.303 e. The normalized spacial score (nSPS) is 12.9. The van der Waals surface area contributed by atoms with Crippen LogP contribution in [-0.4, -0.2) is 30.5 Å². The number of nitro benzene ring substituents is 1. The molecule has 0 fully saturated rings. The highest BCUT2D eigenvalue weighted by molar-refractivity contribution is 7.89. The summed E-state index contributed by atoms with van der Waals surface area (Å²) in [6.07, 6.45) is -0.213. The van der Waals surface area contributed by atoms with Crippen molar-refractivity contribution < 1.29 is 27.6 Å². The van der Waals surface area contributed by atoms with E-state index in [0.29, 0.717) is 6.07 Å². The van der Waals surface area contributed by atoms with Gasteiger partial charge in [-0.1, -0.05) is 0 Å². The lowest BCUT2D eigenvalue weighted by molar-refractivity contribution is -0.385. The molecule has 0 bridgehead atoms. The average Bonchev–Trinajstić information content (AvgIpc) is 2.35. The first-order valence-corrected chi connectivity index (χ1v) is 7.30. The molecule has 0 aliphatic rings. The Kier molecular flexibility index (Phi) is 5.33. The van der Waals surface area contributed by atoms with Crippen molar-refractivity contribution >= 4 is 21.7 Å². The molecule has 0 saturated carbocycles. The molecule has 2 N–H and O–H groups in total. The monoisotopic (exact) mass is 320 g/mol. The highest BCUT2D eigenvalue weighted by atomic mass is 32.2. The Hall–Kier alpha value is -2.07. The molecule has 1 aromatic rings. The second kappa shape index (κ2) is 6.59. The molecule has 1 unspecified atom stereocenters. The van der Waals surface area contributed by atoms with E-state index in [2.05, 4.69) is 4.72 Å². The molecule has 1 rings (SSSR count). The molecule has 21 heavy (non-hydrogen) atoms. The Labute approximate surface area is 119 Å². The minimum atomic E-state index is -4.22. The van der Waals surface area contributed by atoms with Gasteiger partial charge in [-0.3, -0.25) is 14.9 Å². The van der Waals surface area contributed by atoms with Crippen LogP contribution in [0.25, 0.3) is 0 Å². The van der Waals surface area contributed by atoms with Gasteiger partial charge in [0.25, 0.3) is 5.69 Å². The fraction of sp³-hybridized carbons (Fsp3) is 0.364. The predicted octanol–water partition coefficient (Wildman–Crippen LogP) is 1.27. The van der Waals surface area contributed by atoms with Crippen molar-refractivity contribution in [3.05, 3.63) is 34.1 Å². The van der Waals surface area contributed by atoms with E-state index in [-0.39, 0.29) is 12.8 Å². The summed E-state index contributed by atoms with van der Waals surface area (Å²) in [7, 11) is -4.22. The number of carbonyl (C=O) groups is 1. The summed E-state index contributed by atoms with van der Waals surface area (Å²) in [6, 6.07) is 1.45. The molecule has 0 aliphatic heterocycles. The molecule has 1 atom stereocenters. The van der Waals surface area contributed by atoms with Gasteiger partial charge in [0, 0.05) is 18.5 Å². The van der Waals surface area contributed by atoms with Crippen LogP contribution in [0.15, 0.2) is 23.1 Å². The lowest BCUT2D eigenvalue weighted by Gasteiger charge is -2.13. The van der Waals surface area contributed by atoms with E-state index in [0.717, 1.165) is 12.1 Å². The third-order valence-corrected chi connectivity index (χ3v) is 4.19. The Bertz CT molecular complexity index is 661. The summed E-state index contributed by atoms with van der Waals surface area (Å²) in [4.78, 5) is 19.3. The smallest absolute Gasteiger partial charge is 0.303 e. The van der Waals surface area contributed by atoms with Crippen molar-refractivity contribution in [2.75, 3.05) is 0 Å². The van der Waals surface area contributed by atoms with Crippen molar-refractivity contribution in [2.45, 2.75) is 30.7 Å². The number of nitrogens with zero attached hydrogens (tertiary/aromatic N) is 1. The van der Waals surface area contributed by atoms with E-state index in [1.54, 1.807) is 0 Å². The maximum atomic E-state index is 13.7. The molecule has 0 amide bonds. The lowest BCUT2D eigenvalue weighted by atomic mass is 10.2. The third-order valence-electron chi connectivity index (χ3n) is 2.56. The first kappa shape index (κ1) is 17.0. The number of halogens is 1. The van der Waals surface area contributed by atoms with Crippen LogP contribution in [0.5, 0.6) is 0 Å². The van der Waals surface area contributed by atoms with Gasteiger partial charge in [-0.15, -0.1) is 0 Å². The van der Waals surface area contributed by atoms with Crippen LogP contribution in [0.1, 0.15) is 19.8 Å². The fourth-order valence-corrected chi connectivity index (χ4v) is 2.89. The molecule has 0 spiro atoms. The first-order valence-electron chi connectivity index (χ1n) is 5.81. The summed E-state index contributed by atoms with van der Waals surface area (Å²) in [5.41, 5.74) is -0.564. The number of nitrogens with one attached hydrogen (secondary N) is 1. The van der Waals surface area contributed by atoms with Crippen molar-refractivity contribution in [2.24, 2.45) is 0 Å². The van der Waals surface area contributed by atoms with E-state index in [1.165, 1.54) is 6.92 Å². The van der Waals surface area contributed by atoms with Crippen LogP contribution in [0.2, 0.25) is 0 Å². The number of sulfonamides is 1. The summed E-state index contributed by atoms with van der Waals surface area (Å²) < 4.78 is 39.6. The average molecular weight is 320 g/mol. The molecule has 116 valence electrons. The van der Waals surface area contributed by atoms with Gasteiger partial charge >= 0.3 is 5.97 Å². The second-order valence-electron chi connectivity index (χ2n) is 4.33. The van der Waals surface area contributed by atoms with E-state index in [4.69, 9.17) is 5.11 Å². The summed E-state index contributed by atoms with van der Waals surface area (Å²) in [5.74, 6) is -2.33. The zero-order valence-electron chi connectivity index (χ0n) is 10.9. The Morgan fingerprint density at radius 1 is 1.52 bits per heavy atom. The lowest BCUT2D eigenvalue weighted by Crippen LogP contribution is -2.33. The molecule has 10 heteroatoms. The van der Waals surface area contributed by atoms with E-state index >= 15 is 0 Å². The Morgan fingerprint density at radius 2 is 2.14 bits per heavy atom. The number of hydrogen-bond acceptors (Lipinski definition) is 5. The minimum Gasteiger partial charge on any atom is -0.481 e. The number of rotatable bonds is 7. The van der Waals surface area contributed by atoms with Gasteiger partial charge in [-0.25, -0.2) is 17.5 Å². The van der Waals surface area contributed by atoms with Crippen LogP contribution in [0.4, 0.5) is 10.1 Å². The number of nitro groups is 1. The first-order chi connectivity index (χ1) is 9.63. The zero-order valence-corrected chi connectivity index (χ0v) is 11.8. The quantitative estimate of drug-likeness (QED) is 0.575. The van der Waals surface area contributed by atoms with Crippen LogP contribution >= 0.6 is 0 Å². The highest BCUT2D eigenvalue weighted by Gasteiger charge is 2.23. The fourth-order valence-electron chi connectivity index (χ4n) is 1.55.